The number of aryl methyl sites for hydroxylation is 1. The van der Waals surface area contributed by atoms with Crippen molar-refractivity contribution in [3.63, 3.8) is 0 Å². The van der Waals surface area contributed by atoms with Crippen molar-refractivity contribution in [2.75, 3.05) is 18.0 Å². The second-order valence-electron chi connectivity index (χ2n) is 7.44. The fourth-order valence-electron chi connectivity index (χ4n) is 4.23. The number of fused-ring (bicyclic) bond motifs is 2. The SMILES string of the molecule is CCc1nc2ccccc2n1C1CCN(c2ccc3nnc(C(F)(F)F)n3n2)CC1. The van der Waals surface area contributed by atoms with Crippen LogP contribution in [0.5, 0.6) is 0 Å². The molecule has 0 radical (unpaired) electrons. The molecule has 1 fully saturated rings. The van der Waals surface area contributed by atoms with Crippen LogP contribution in [0.25, 0.3) is 16.7 Å². The van der Waals surface area contributed by atoms with Crippen molar-refractivity contribution in [1.29, 1.82) is 0 Å². The molecule has 10 heteroatoms. The summed E-state index contributed by atoms with van der Waals surface area (Å²) in [5.41, 5.74) is 2.21. The van der Waals surface area contributed by atoms with E-state index >= 15 is 0 Å². The number of hydrogen-bond acceptors (Lipinski definition) is 5. The molecule has 0 amide bonds. The number of imidazole rings is 1. The fraction of sp³-hybridized carbons (Fsp3) is 0.400. The molecule has 30 heavy (non-hydrogen) atoms. The third-order valence-electron chi connectivity index (χ3n) is 5.64. The molecule has 0 spiro atoms. The van der Waals surface area contributed by atoms with E-state index < -0.39 is 12.0 Å². The summed E-state index contributed by atoms with van der Waals surface area (Å²) < 4.78 is 42.5. The minimum atomic E-state index is -4.60. The van der Waals surface area contributed by atoms with Gasteiger partial charge in [0.05, 0.1) is 11.0 Å². The van der Waals surface area contributed by atoms with Gasteiger partial charge in [-0.25, -0.2) is 4.98 Å². The summed E-state index contributed by atoms with van der Waals surface area (Å²) >= 11 is 0. The van der Waals surface area contributed by atoms with Gasteiger partial charge in [0.25, 0.3) is 5.82 Å². The highest BCUT2D eigenvalue weighted by molar-refractivity contribution is 5.76. The highest BCUT2D eigenvalue weighted by atomic mass is 19.4. The second kappa shape index (κ2) is 6.96. The average Bonchev–Trinajstić information content (AvgIpc) is 3.34. The van der Waals surface area contributed by atoms with Crippen LogP contribution in [0.15, 0.2) is 36.4 Å². The number of para-hydroxylation sites is 2. The summed E-state index contributed by atoms with van der Waals surface area (Å²) in [7, 11) is 0. The molecule has 5 rings (SSSR count). The van der Waals surface area contributed by atoms with Gasteiger partial charge in [0.2, 0.25) is 0 Å². The maximum Gasteiger partial charge on any atom is 0.453 e. The Balaban J connectivity index is 1.40. The van der Waals surface area contributed by atoms with Crippen LogP contribution < -0.4 is 4.90 Å². The van der Waals surface area contributed by atoms with Gasteiger partial charge in [-0.2, -0.15) is 17.7 Å². The zero-order valence-electron chi connectivity index (χ0n) is 16.3. The number of halogens is 3. The van der Waals surface area contributed by atoms with E-state index in [1.54, 1.807) is 6.07 Å². The highest BCUT2D eigenvalue weighted by Gasteiger charge is 2.38. The number of rotatable bonds is 3. The van der Waals surface area contributed by atoms with E-state index in [2.05, 4.69) is 32.9 Å². The Morgan fingerprint density at radius 2 is 1.80 bits per heavy atom. The summed E-state index contributed by atoms with van der Waals surface area (Å²) in [6.07, 6.45) is -2.03. The lowest BCUT2D eigenvalue weighted by Crippen LogP contribution is -2.36. The van der Waals surface area contributed by atoms with Crippen LogP contribution in [0.3, 0.4) is 0 Å². The van der Waals surface area contributed by atoms with E-state index in [-0.39, 0.29) is 5.65 Å². The topological polar surface area (TPSA) is 64.1 Å². The quantitative estimate of drug-likeness (QED) is 0.508. The van der Waals surface area contributed by atoms with E-state index in [1.807, 2.05) is 23.1 Å². The number of nitrogens with zero attached hydrogens (tertiary/aromatic N) is 7. The molecule has 1 aliphatic heterocycles. The van der Waals surface area contributed by atoms with Gasteiger partial charge in [-0.15, -0.1) is 15.3 Å². The van der Waals surface area contributed by atoms with Crippen molar-refractivity contribution < 1.29 is 13.2 Å². The molecule has 0 N–H and O–H groups in total. The normalized spacial score (nSPS) is 16.1. The number of benzene rings is 1. The van der Waals surface area contributed by atoms with Crippen LogP contribution in [0.1, 0.15) is 37.5 Å². The summed E-state index contributed by atoms with van der Waals surface area (Å²) in [6, 6.07) is 11.7. The van der Waals surface area contributed by atoms with Crippen LogP contribution in [-0.4, -0.2) is 42.5 Å². The Labute approximate surface area is 170 Å². The van der Waals surface area contributed by atoms with Gasteiger partial charge in [0.1, 0.15) is 11.6 Å². The van der Waals surface area contributed by atoms with Gasteiger partial charge < -0.3 is 9.47 Å². The van der Waals surface area contributed by atoms with Crippen molar-refractivity contribution in [3.05, 3.63) is 48.0 Å². The molecule has 156 valence electrons. The van der Waals surface area contributed by atoms with Crippen molar-refractivity contribution in [3.8, 4) is 0 Å². The average molecular weight is 415 g/mol. The zero-order valence-corrected chi connectivity index (χ0v) is 16.3. The predicted molar refractivity (Wildman–Crippen MR) is 105 cm³/mol. The van der Waals surface area contributed by atoms with E-state index in [9.17, 15) is 13.2 Å². The smallest absolute Gasteiger partial charge is 0.355 e. The lowest BCUT2D eigenvalue weighted by Gasteiger charge is -2.34. The number of aromatic nitrogens is 6. The summed E-state index contributed by atoms with van der Waals surface area (Å²) in [5, 5.41) is 11.0. The fourth-order valence-corrected chi connectivity index (χ4v) is 4.23. The first-order valence-electron chi connectivity index (χ1n) is 9.96. The van der Waals surface area contributed by atoms with Crippen LogP contribution in [0.4, 0.5) is 19.0 Å². The van der Waals surface area contributed by atoms with Crippen LogP contribution in [0, 0.1) is 0 Å². The maximum absolute atomic E-state index is 13.1. The van der Waals surface area contributed by atoms with Crippen molar-refractivity contribution in [2.45, 2.75) is 38.4 Å². The molecule has 1 saturated heterocycles. The van der Waals surface area contributed by atoms with Gasteiger partial charge in [0, 0.05) is 25.6 Å². The predicted octanol–water partition coefficient (Wildman–Crippen LogP) is 3.90. The maximum atomic E-state index is 13.1. The molecular weight excluding hydrogens is 395 g/mol. The zero-order chi connectivity index (χ0) is 20.9. The molecule has 0 aliphatic carbocycles. The Kier molecular flexibility index (Phi) is 4.37. The van der Waals surface area contributed by atoms with E-state index in [4.69, 9.17) is 4.98 Å². The summed E-state index contributed by atoms with van der Waals surface area (Å²) in [4.78, 5) is 6.77. The van der Waals surface area contributed by atoms with E-state index in [0.29, 0.717) is 24.9 Å². The van der Waals surface area contributed by atoms with Crippen molar-refractivity contribution in [1.82, 2.24) is 29.4 Å². The van der Waals surface area contributed by atoms with Crippen molar-refractivity contribution >= 4 is 22.5 Å². The number of hydrogen-bond donors (Lipinski definition) is 0. The first kappa shape index (κ1) is 18.8. The van der Waals surface area contributed by atoms with Crippen molar-refractivity contribution in [2.24, 2.45) is 0 Å². The van der Waals surface area contributed by atoms with Crippen LogP contribution in [0.2, 0.25) is 0 Å². The third-order valence-corrected chi connectivity index (χ3v) is 5.64. The highest BCUT2D eigenvalue weighted by Crippen LogP contribution is 2.31. The standard InChI is InChI=1S/C20H20F3N7/c1-2-16-24-14-5-3-4-6-15(14)29(16)13-9-11-28(12-10-13)18-8-7-17-25-26-19(20(21,22)23)30(17)27-18/h3-8,13H,2,9-12H2,1H3. The Morgan fingerprint density at radius 1 is 1.03 bits per heavy atom. The van der Waals surface area contributed by atoms with E-state index in [1.165, 1.54) is 6.07 Å². The molecule has 7 nitrogen and oxygen atoms in total. The Morgan fingerprint density at radius 3 is 2.53 bits per heavy atom. The molecule has 0 bridgehead atoms. The lowest BCUT2D eigenvalue weighted by molar-refractivity contribution is -0.146. The number of piperidine rings is 1. The first-order chi connectivity index (χ1) is 14.5. The monoisotopic (exact) mass is 415 g/mol. The molecule has 0 saturated carbocycles. The second-order valence-corrected chi connectivity index (χ2v) is 7.44. The number of anilines is 1. The van der Waals surface area contributed by atoms with Crippen LogP contribution in [-0.2, 0) is 12.6 Å². The van der Waals surface area contributed by atoms with Gasteiger partial charge >= 0.3 is 6.18 Å². The minimum Gasteiger partial charge on any atom is -0.355 e. The van der Waals surface area contributed by atoms with Gasteiger partial charge in [-0.3, -0.25) is 0 Å². The van der Waals surface area contributed by atoms with Gasteiger partial charge in [-0.05, 0) is 37.1 Å². The molecule has 4 heterocycles. The van der Waals surface area contributed by atoms with E-state index in [0.717, 1.165) is 40.6 Å². The van der Waals surface area contributed by atoms with Crippen LogP contribution >= 0.6 is 0 Å². The summed E-state index contributed by atoms with van der Waals surface area (Å²) in [6.45, 7) is 3.49. The largest absolute Gasteiger partial charge is 0.453 e. The molecular formula is C20H20F3N7. The minimum absolute atomic E-state index is 0.0819. The molecule has 1 aromatic carbocycles. The Bertz CT molecular complexity index is 1200. The third kappa shape index (κ3) is 3.06. The molecule has 0 unspecified atom stereocenters. The molecule has 3 aromatic heterocycles. The molecule has 1 aliphatic rings. The molecule has 0 atom stereocenters. The lowest BCUT2D eigenvalue weighted by atomic mass is 10.0. The van der Waals surface area contributed by atoms with Gasteiger partial charge in [0.15, 0.2) is 5.65 Å². The van der Waals surface area contributed by atoms with Gasteiger partial charge in [-0.1, -0.05) is 19.1 Å². The Hall–Kier alpha value is -3.17. The summed E-state index contributed by atoms with van der Waals surface area (Å²) in [5.74, 6) is 0.456. The first-order valence-corrected chi connectivity index (χ1v) is 9.96. The number of alkyl halides is 3. The molecule has 4 aromatic rings.